The highest BCUT2D eigenvalue weighted by Crippen LogP contribution is 2.64. The molecule has 0 saturated heterocycles. The summed E-state index contributed by atoms with van der Waals surface area (Å²) in [5, 5.41) is 0. The van der Waals surface area contributed by atoms with Crippen molar-refractivity contribution in [3.05, 3.63) is 282 Å². The minimum atomic E-state index is -0.634. The van der Waals surface area contributed by atoms with Crippen molar-refractivity contribution >= 4 is 17.1 Å². The van der Waals surface area contributed by atoms with E-state index in [1.807, 2.05) is 12.1 Å². The summed E-state index contributed by atoms with van der Waals surface area (Å²) in [7, 11) is 0. The van der Waals surface area contributed by atoms with E-state index in [9.17, 15) is 0 Å². The van der Waals surface area contributed by atoms with Crippen molar-refractivity contribution < 1.29 is 4.42 Å². The summed E-state index contributed by atoms with van der Waals surface area (Å²) in [5.41, 5.74) is 26.8. The zero-order chi connectivity index (χ0) is 44.8. The minimum absolute atomic E-state index is 0.634. The highest BCUT2D eigenvalue weighted by Gasteiger charge is 2.51. The van der Waals surface area contributed by atoms with Crippen LogP contribution in [-0.4, -0.2) is 0 Å². The summed E-state index contributed by atoms with van der Waals surface area (Å²) in [6.45, 7) is 0. The summed E-state index contributed by atoms with van der Waals surface area (Å²) in [5.74, 6) is 0.863. The number of hydrogen-bond donors (Lipinski definition) is 0. The molecule has 0 fully saturated rings. The van der Waals surface area contributed by atoms with Gasteiger partial charge in [0, 0.05) is 22.6 Å². The normalized spacial score (nSPS) is 14.5. The molecule has 14 rings (SSSR count). The van der Waals surface area contributed by atoms with Gasteiger partial charge in [-0.3, -0.25) is 0 Å². The molecule has 318 valence electrons. The first kappa shape index (κ1) is 38.5. The number of hydrogen-bond acceptors (Lipinski definition) is 2. The third-order valence-electron chi connectivity index (χ3n) is 14.8. The van der Waals surface area contributed by atoms with Crippen molar-refractivity contribution in [1.29, 1.82) is 0 Å². The molecule has 1 aromatic heterocycles. The van der Waals surface area contributed by atoms with Crippen LogP contribution in [0.3, 0.4) is 0 Å². The van der Waals surface area contributed by atoms with E-state index in [-0.39, 0.29) is 0 Å². The van der Waals surface area contributed by atoms with Crippen molar-refractivity contribution in [1.82, 2.24) is 0 Å². The maximum atomic E-state index is 5.78. The van der Waals surface area contributed by atoms with E-state index in [0.717, 1.165) is 45.9 Å². The molecule has 0 radical (unpaired) electrons. The van der Waals surface area contributed by atoms with E-state index in [1.165, 1.54) is 89.0 Å². The van der Waals surface area contributed by atoms with Gasteiger partial charge >= 0.3 is 0 Å². The van der Waals surface area contributed by atoms with E-state index in [2.05, 4.69) is 235 Å². The van der Waals surface area contributed by atoms with Crippen LogP contribution < -0.4 is 4.90 Å². The van der Waals surface area contributed by atoms with Crippen molar-refractivity contribution in [2.45, 2.75) is 11.8 Å². The maximum absolute atomic E-state index is 5.78. The van der Waals surface area contributed by atoms with Gasteiger partial charge in [0.25, 0.3) is 0 Å². The maximum Gasteiger partial charge on any atom is 0.133 e. The molecule has 0 aliphatic heterocycles. The average Bonchev–Trinajstić information content (AvgIpc) is 4.14. The molecule has 1 unspecified atom stereocenters. The molecule has 0 bridgehead atoms. The largest absolute Gasteiger partial charge is 0.464 e. The van der Waals surface area contributed by atoms with Crippen molar-refractivity contribution in [2.75, 3.05) is 4.90 Å². The Morgan fingerprint density at radius 1 is 0.309 bits per heavy atom. The van der Waals surface area contributed by atoms with Crippen molar-refractivity contribution in [2.24, 2.45) is 0 Å². The smallest absolute Gasteiger partial charge is 0.133 e. The topological polar surface area (TPSA) is 16.4 Å². The van der Waals surface area contributed by atoms with Gasteiger partial charge in [-0.2, -0.15) is 0 Å². The fourth-order valence-corrected chi connectivity index (χ4v) is 11.9. The number of benzene rings is 10. The molecule has 1 spiro atoms. The van der Waals surface area contributed by atoms with Crippen LogP contribution in [0.5, 0.6) is 0 Å². The Labute approximate surface area is 396 Å². The molecule has 2 nitrogen and oxygen atoms in total. The molecule has 0 N–H and O–H groups in total. The van der Waals surface area contributed by atoms with Crippen molar-refractivity contribution in [3.8, 4) is 78.1 Å². The van der Waals surface area contributed by atoms with Crippen molar-refractivity contribution in [3.63, 3.8) is 0 Å². The summed E-state index contributed by atoms with van der Waals surface area (Å²) in [4.78, 5) is 2.44. The molecule has 68 heavy (non-hydrogen) atoms. The third kappa shape index (κ3) is 5.71. The number of anilines is 3. The van der Waals surface area contributed by atoms with E-state index in [0.29, 0.717) is 0 Å². The first-order valence-corrected chi connectivity index (χ1v) is 23.6. The Morgan fingerprint density at radius 2 is 0.868 bits per heavy atom. The van der Waals surface area contributed by atoms with Gasteiger partial charge < -0.3 is 9.32 Å². The lowest BCUT2D eigenvalue weighted by Gasteiger charge is -2.36. The van der Waals surface area contributed by atoms with E-state index < -0.39 is 5.41 Å². The fraction of sp³-hybridized carbons (Fsp3) is 0.0303. The molecular weight excluding hydrogens is 823 g/mol. The number of fused-ring (bicyclic) bond motifs is 16. The Balaban J connectivity index is 1.02. The van der Waals surface area contributed by atoms with Gasteiger partial charge in [-0.15, -0.1) is 0 Å². The second-order valence-electron chi connectivity index (χ2n) is 18.3. The first-order valence-electron chi connectivity index (χ1n) is 23.6. The Bertz CT molecular complexity index is 3750. The quantitative estimate of drug-likeness (QED) is 0.166. The zero-order valence-electron chi connectivity index (χ0n) is 37.2. The highest BCUT2D eigenvalue weighted by molar-refractivity contribution is 6.03. The average molecular weight is 866 g/mol. The molecule has 11 aromatic rings. The van der Waals surface area contributed by atoms with Crippen LogP contribution in [0.4, 0.5) is 17.1 Å². The Kier molecular flexibility index (Phi) is 8.60. The van der Waals surface area contributed by atoms with Crippen LogP contribution in [0.1, 0.15) is 33.4 Å². The van der Waals surface area contributed by atoms with Crippen LogP contribution >= 0.6 is 0 Å². The van der Waals surface area contributed by atoms with Gasteiger partial charge in [0.1, 0.15) is 5.76 Å². The molecule has 0 saturated carbocycles. The van der Waals surface area contributed by atoms with E-state index in [1.54, 1.807) is 6.26 Å². The van der Waals surface area contributed by atoms with Crippen LogP contribution in [0.15, 0.2) is 253 Å². The number of rotatable bonds is 6. The lowest BCUT2D eigenvalue weighted by molar-refractivity contribution is 0.582. The predicted octanol–water partition coefficient (Wildman–Crippen LogP) is 17.3. The highest BCUT2D eigenvalue weighted by atomic mass is 16.3. The predicted molar refractivity (Wildman–Crippen MR) is 280 cm³/mol. The van der Waals surface area contributed by atoms with Gasteiger partial charge in [-0.1, -0.05) is 188 Å². The molecule has 2 heteroatoms. The lowest BCUT2D eigenvalue weighted by Crippen LogP contribution is -2.29. The number of furan rings is 1. The second-order valence-corrected chi connectivity index (χ2v) is 18.3. The summed E-state index contributed by atoms with van der Waals surface area (Å²) in [6, 6.07) is 90.0. The van der Waals surface area contributed by atoms with Gasteiger partial charge in [-0.05, 0) is 161 Å². The molecule has 1 heterocycles. The van der Waals surface area contributed by atoms with Crippen LogP contribution in [0.25, 0.3) is 78.1 Å². The molecular formula is C66H43NO. The van der Waals surface area contributed by atoms with E-state index in [4.69, 9.17) is 4.42 Å². The second kappa shape index (κ2) is 15.2. The summed E-state index contributed by atoms with van der Waals surface area (Å²) < 4.78 is 5.78. The van der Waals surface area contributed by atoms with E-state index >= 15 is 0 Å². The summed E-state index contributed by atoms with van der Waals surface area (Å²) in [6.07, 6.45) is 2.68. The Hall–Kier alpha value is -8.72. The molecule has 10 aromatic carbocycles. The van der Waals surface area contributed by atoms with Gasteiger partial charge in [0.05, 0.1) is 11.7 Å². The number of nitrogens with zero attached hydrogens (tertiary/aromatic N) is 1. The van der Waals surface area contributed by atoms with Gasteiger partial charge in [0.15, 0.2) is 0 Å². The van der Waals surface area contributed by atoms with Gasteiger partial charge in [-0.25, -0.2) is 0 Å². The fourth-order valence-electron chi connectivity index (χ4n) is 11.9. The van der Waals surface area contributed by atoms with Crippen LogP contribution in [-0.2, 0) is 11.8 Å². The van der Waals surface area contributed by atoms with Crippen LogP contribution in [0.2, 0.25) is 0 Å². The zero-order valence-corrected chi connectivity index (χ0v) is 37.2. The standard InChI is InChI=1S/C66H43NO/c1-2-14-43(15-3-1)44-27-32-50(33-28-44)67(51-34-29-45(30-35-51)46-17-12-18-48(40-46)63-26-13-39-68-63)52-36-37-57-55-21-7-6-20-54(55)56-22-8-10-24-59(56)66(62(57)42-52)60-25-11-9-23-58(60)65-61(66)38-31-49-41-47-16-4-5-19-53(47)64(49)65/h1-40,42H,41H2. The lowest BCUT2D eigenvalue weighted by atomic mass is 9.65. The van der Waals surface area contributed by atoms with Gasteiger partial charge in [0.2, 0.25) is 0 Å². The SMILES string of the molecule is c1ccc(-c2ccc(N(c3ccc(-c4cccc(-c5ccco5)c4)cc3)c3ccc4c(c3)C3(c5ccccc5-c5ccccc5-4)c4ccccc4-c4c3ccc3c4-c4ccccc4C3)cc2)cc1. The molecule has 3 aliphatic carbocycles. The Morgan fingerprint density at radius 3 is 1.59 bits per heavy atom. The monoisotopic (exact) mass is 865 g/mol. The molecule has 0 amide bonds. The summed E-state index contributed by atoms with van der Waals surface area (Å²) >= 11 is 0. The third-order valence-corrected chi connectivity index (χ3v) is 14.8. The minimum Gasteiger partial charge on any atom is -0.464 e. The van der Waals surface area contributed by atoms with Crippen LogP contribution in [0, 0.1) is 0 Å². The molecule has 1 atom stereocenters. The molecule has 3 aliphatic rings. The first-order chi connectivity index (χ1) is 33.7.